The Balaban J connectivity index is 2.26. The van der Waals surface area contributed by atoms with Gasteiger partial charge in [0.05, 0.1) is 6.61 Å². The van der Waals surface area contributed by atoms with Crippen molar-refractivity contribution in [2.24, 2.45) is 11.7 Å². The average Bonchev–Trinajstić information content (AvgIpc) is 2.54. The quantitative estimate of drug-likeness (QED) is 0.713. The molecule has 1 fully saturated rings. The van der Waals surface area contributed by atoms with Gasteiger partial charge in [-0.25, -0.2) is 0 Å². The first-order valence-corrected chi connectivity index (χ1v) is 6.20. The van der Waals surface area contributed by atoms with Gasteiger partial charge in [0, 0.05) is 19.1 Å². The second-order valence-electron chi connectivity index (χ2n) is 4.83. The fourth-order valence-corrected chi connectivity index (χ4v) is 2.37. The van der Waals surface area contributed by atoms with Gasteiger partial charge in [0.25, 0.3) is 0 Å². The Morgan fingerprint density at radius 1 is 1.56 bits per heavy atom. The summed E-state index contributed by atoms with van der Waals surface area (Å²) in [6, 6.07) is 0.146. The second-order valence-corrected chi connectivity index (χ2v) is 4.83. The number of nitrogens with two attached hydrogens (primary N) is 1. The standard InChI is InChI=1S/C12H24N2O2/c1-4-16-12(15)11(13)5-6-14-8-9(2)7-10(14)3/h9-11H,4-8,13H2,1-3H3. The lowest BCUT2D eigenvalue weighted by molar-refractivity contribution is -0.144. The van der Waals surface area contributed by atoms with E-state index in [9.17, 15) is 4.79 Å². The number of carbonyl (C=O) groups excluding carboxylic acids is 1. The van der Waals surface area contributed by atoms with Crippen LogP contribution in [0.1, 0.15) is 33.6 Å². The lowest BCUT2D eigenvalue weighted by atomic mass is 10.1. The Morgan fingerprint density at radius 2 is 2.25 bits per heavy atom. The van der Waals surface area contributed by atoms with Crippen molar-refractivity contribution in [3.05, 3.63) is 0 Å². The lowest BCUT2D eigenvalue weighted by Gasteiger charge is -2.22. The predicted molar refractivity (Wildman–Crippen MR) is 64.0 cm³/mol. The Bertz CT molecular complexity index is 233. The van der Waals surface area contributed by atoms with Gasteiger partial charge in [0.1, 0.15) is 6.04 Å². The summed E-state index contributed by atoms with van der Waals surface area (Å²) in [6.07, 6.45) is 1.94. The van der Waals surface area contributed by atoms with Gasteiger partial charge in [-0.05, 0) is 32.6 Å². The van der Waals surface area contributed by atoms with E-state index in [1.165, 1.54) is 6.42 Å². The molecule has 0 aromatic heterocycles. The van der Waals surface area contributed by atoms with Gasteiger partial charge in [-0.3, -0.25) is 4.79 Å². The highest BCUT2D eigenvalue weighted by molar-refractivity contribution is 5.75. The third-order valence-corrected chi connectivity index (χ3v) is 3.23. The topological polar surface area (TPSA) is 55.6 Å². The Labute approximate surface area is 98.1 Å². The summed E-state index contributed by atoms with van der Waals surface area (Å²) in [5.74, 6) is 0.483. The number of likely N-dealkylation sites (tertiary alicyclic amines) is 1. The van der Waals surface area contributed by atoms with Crippen LogP contribution in [0.15, 0.2) is 0 Å². The summed E-state index contributed by atoms with van der Waals surface area (Å²) >= 11 is 0. The molecular weight excluding hydrogens is 204 g/mol. The van der Waals surface area contributed by atoms with Gasteiger partial charge in [-0.2, -0.15) is 0 Å². The van der Waals surface area contributed by atoms with Crippen molar-refractivity contribution < 1.29 is 9.53 Å². The van der Waals surface area contributed by atoms with Crippen molar-refractivity contribution >= 4 is 5.97 Å². The summed E-state index contributed by atoms with van der Waals surface area (Å²) in [5, 5.41) is 0. The molecule has 1 heterocycles. The van der Waals surface area contributed by atoms with Gasteiger partial charge in [0.2, 0.25) is 0 Å². The molecule has 1 aliphatic rings. The van der Waals surface area contributed by atoms with Crippen LogP contribution in [0.25, 0.3) is 0 Å². The van der Waals surface area contributed by atoms with Crippen molar-refractivity contribution in [2.75, 3.05) is 19.7 Å². The summed E-state index contributed by atoms with van der Waals surface area (Å²) in [7, 11) is 0. The summed E-state index contributed by atoms with van der Waals surface area (Å²) in [4.78, 5) is 13.7. The molecule has 4 heteroatoms. The van der Waals surface area contributed by atoms with E-state index >= 15 is 0 Å². The first kappa shape index (κ1) is 13.5. The van der Waals surface area contributed by atoms with Crippen molar-refractivity contribution in [1.82, 2.24) is 4.90 Å². The highest BCUT2D eigenvalue weighted by Crippen LogP contribution is 2.22. The highest BCUT2D eigenvalue weighted by atomic mass is 16.5. The van der Waals surface area contributed by atoms with Gasteiger partial charge in [-0.15, -0.1) is 0 Å². The largest absolute Gasteiger partial charge is 0.465 e. The molecule has 0 spiro atoms. The van der Waals surface area contributed by atoms with E-state index in [0.29, 0.717) is 19.1 Å². The maximum absolute atomic E-state index is 11.3. The number of carbonyl (C=O) groups is 1. The van der Waals surface area contributed by atoms with Crippen LogP contribution < -0.4 is 5.73 Å². The first-order chi connectivity index (χ1) is 7.54. The van der Waals surface area contributed by atoms with E-state index in [1.807, 2.05) is 0 Å². The zero-order chi connectivity index (χ0) is 12.1. The van der Waals surface area contributed by atoms with Crippen LogP contribution in [0, 0.1) is 5.92 Å². The number of rotatable bonds is 5. The molecule has 0 aromatic carbocycles. The molecule has 0 radical (unpaired) electrons. The fraction of sp³-hybridized carbons (Fsp3) is 0.917. The molecule has 1 saturated heterocycles. The monoisotopic (exact) mass is 228 g/mol. The minimum absolute atomic E-state index is 0.276. The van der Waals surface area contributed by atoms with Crippen molar-refractivity contribution in [3.63, 3.8) is 0 Å². The van der Waals surface area contributed by atoms with Gasteiger partial charge in [0.15, 0.2) is 0 Å². The normalized spacial score (nSPS) is 28.0. The van der Waals surface area contributed by atoms with Crippen LogP contribution in [-0.2, 0) is 9.53 Å². The Morgan fingerprint density at radius 3 is 2.75 bits per heavy atom. The SMILES string of the molecule is CCOC(=O)C(N)CCN1CC(C)CC1C. The third-order valence-electron chi connectivity index (χ3n) is 3.23. The maximum Gasteiger partial charge on any atom is 0.322 e. The average molecular weight is 228 g/mol. The predicted octanol–water partition coefficient (Wildman–Crippen LogP) is 0.997. The molecule has 3 atom stereocenters. The van der Waals surface area contributed by atoms with Crippen LogP contribution >= 0.6 is 0 Å². The molecule has 0 amide bonds. The number of hydrogen-bond acceptors (Lipinski definition) is 4. The van der Waals surface area contributed by atoms with Crippen LogP contribution in [0.2, 0.25) is 0 Å². The third kappa shape index (κ3) is 3.76. The molecule has 0 bridgehead atoms. The zero-order valence-corrected chi connectivity index (χ0v) is 10.6. The molecule has 0 aliphatic carbocycles. The van der Waals surface area contributed by atoms with Crippen molar-refractivity contribution in [2.45, 2.75) is 45.7 Å². The summed E-state index contributed by atoms with van der Waals surface area (Å²) in [5.41, 5.74) is 5.76. The number of ether oxygens (including phenoxy) is 1. The van der Waals surface area contributed by atoms with E-state index in [0.717, 1.165) is 19.0 Å². The van der Waals surface area contributed by atoms with E-state index in [-0.39, 0.29) is 5.97 Å². The highest BCUT2D eigenvalue weighted by Gasteiger charge is 2.26. The minimum Gasteiger partial charge on any atom is -0.465 e. The van der Waals surface area contributed by atoms with Crippen molar-refractivity contribution in [3.8, 4) is 0 Å². The Kier molecular flexibility index (Phi) is 5.22. The molecule has 1 aliphatic heterocycles. The van der Waals surface area contributed by atoms with E-state index in [4.69, 9.17) is 10.5 Å². The smallest absolute Gasteiger partial charge is 0.322 e. The van der Waals surface area contributed by atoms with Crippen LogP contribution in [0.3, 0.4) is 0 Å². The molecule has 0 saturated carbocycles. The van der Waals surface area contributed by atoms with Gasteiger partial charge >= 0.3 is 5.97 Å². The molecule has 16 heavy (non-hydrogen) atoms. The molecule has 0 aromatic rings. The molecule has 1 rings (SSSR count). The zero-order valence-electron chi connectivity index (χ0n) is 10.6. The molecule has 4 nitrogen and oxygen atoms in total. The molecular formula is C12H24N2O2. The number of esters is 1. The van der Waals surface area contributed by atoms with Crippen LogP contribution in [0.5, 0.6) is 0 Å². The summed E-state index contributed by atoms with van der Waals surface area (Å²) < 4.78 is 4.88. The Hall–Kier alpha value is -0.610. The summed E-state index contributed by atoms with van der Waals surface area (Å²) in [6.45, 7) is 8.72. The molecule has 3 unspecified atom stereocenters. The van der Waals surface area contributed by atoms with Gasteiger partial charge in [-0.1, -0.05) is 6.92 Å². The molecule has 94 valence electrons. The maximum atomic E-state index is 11.3. The van der Waals surface area contributed by atoms with E-state index in [1.54, 1.807) is 6.92 Å². The minimum atomic E-state index is -0.469. The van der Waals surface area contributed by atoms with Crippen molar-refractivity contribution in [1.29, 1.82) is 0 Å². The molecule has 2 N–H and O–H groups in total. The van der Waals surface area contributed by atoms with Gasteiger partial charge < -0.3 is 15.4 Å². The van der Waals surface area contributed by atoms with Crippen LogP contribution in [-0.4, -0.2) is 42.6 Å². The number of nitrogens with zero attached hydrogens (tertiary/aromatic N) is 1. The van der Waals surface area contributed by atoms with E-state index in [2.05, 4.69) is 18.7 Å². The second kappa shape index (κ2) is 6.21. The van der Waals surface area contributed by atoms with E-state index < -0.39 is 6.04 Å². The lowest BCUT2D eigenvalue weighted by Crippen LogP contribution is -2.37. The number of hydrogen-bond donors (Lipinski definition) is 1. The first-order valence-electron chi connectivity index (χ1n) is 6.20. The van der Waals surface area contributed by atoms with Crippen LogP contribution in [0.4, 0.5) is 0 Å². The fourth-order valence-electron chi connectivity index (χ4n) is 2.37.